The Morgan fingerprint density at radius 2 is 1.06 bits per heavy atom. The van der Waals surface area contributed by atoms with Crippen LogP contribution in [0.3, 0.4) is 0 Å². The molecule has 2 heterocycles. The first-order chi connectivity index (χ1) is 30.5. The molecule has 3 aliphatic carbocycles. The maximum absolute atomic E-state index is 12.7. The molecule has 11 nitrogen and oxygen atoms in total. The van der Waals surface area contributed by atoms with E-state index in [-0.39, 0.29) is 47.6 Å². The molecule has 0 radical (unpaired) electrons. The lowest BCUT2D eigenvalue weighted by Crippen LogP contribution is -2.43. The summed E-state index contributed by atoms with van der Waals surface area (Å²) < 4.78 is 10.0. The quantitative estimate of drug-likeness (QED) is 0.112. The summed E-state index contributed by atoms with van der Waals surface area (Å²) in [7, 11) is 0. The van der Waals surface area contributed by atoms with Crippen LogP contribution in [0.2, 0.25) is 0 Å². The highest BCUT2D eigenvalue weighted by Gasteiger charge is 2.41. The zero-order valence-corrected chi connectivity index (χ0v) is 38.6. The first-order valence-corrected chi connectivity index (χ1v) is 22.3. The van der Waals surface area contributed by atoms with Crippen LogP contribution in [-0.4, -0.2) is 75.4 Å². The van der Waals surface area contributed by atoms with Crippen LogP contribution >= 0.6 is 11.6 Å². The maximum Gasteiger partial charge on any atom is 0.417 e. The highest BCUT2D eigenvalue weighted by atomic mass is 35.5. The van der Waals surface area contributed by atoms with Gasteiger partial charge in [-0.1, -0.05) is 127 Å². The number of allylic oxidation sites excluding steroid dienone is 8. The van der Waals surface area contributed by atoms with Gasteiger partial charge >= 0.3 is 18.2 Å². The van der Waals surface area contributed by atoms with Crippen molar-refractivity contribution in [3.05, 3.63) is 144 Å². The van der Waals surface area contributed by atoms with Gasteiger partial charge in [0.05, 0.1) is 18.0 Å². The van der Waals surface area contributed by atoms with Crippen molar-refractivity contribution in [1.82, 2.24) is 9.80 Å². The zero-order chi connectivity index (χ0) is 47.2. The maximum atomic E-state index is 12.7. The van der Waals surface area contributed by atoms with Gasteiger partial charge in [0, 0.05) is 11.8 Å². The van der Waals surface area contributed by atoms with Gasteiger partial charge in [0.15, 0.2) is 0 Å². The summed E-state index contributed by atoms with van der Waals surface area (Å²) in [6, 6.07) is 19.2. The van der Waals surface area contributed by atoms with Gasteiger partial charge in [0.1, 0.15) is 13.2 Å². The molecule has 0 aromatic heterocycles. The molecule has 344 valence electrons. The number of carbonyl (C=O) groups excluding carboxylic acids is 5. The molecule has 5 atom stereocenters. The van der Waals surface area contributed by atoms with Crippen LogP contribution in [0.4, 0.5) is 9.59 Å². The first kappa shape index (κ1) is 52.5. The van der Waals surface area contributed by atoms with Crippen LogP contribution in [0, 0.1) is 17.8 Å². The van der Waals surface area contributed by atoms with Gasteiger partial charge in [0.25, 0.3) is 5.91 Å². The van der Waals surface area contributed by atoms with Crippen LogP contribution in [0.5, 0.6) is 0 Å². The van der Waals surface area contributed by atoms with E-state index < -0.39 is 24.1 Å². The summed E-state index contributed by atoms with van der Waals surface area (Å²) >= 11 is 5.34. The Labute approximate surface area is 384 Å². The van der Waals surface area contributed by atoms with Crippen molar-refractivity contribution < 1.29 is 43.3 Å². The smallest absolute Gasteiger partial charge is 0.417 e. The Balaban J connectivity index is 0.000000230. The van der Waals surface area contributed by atoms with Gasteiger partial charge in [0.2, 0.25) is 11.1 Å². The lowest BCUT2D eigenvalue weighted by atomic mass is 9.89. The molecular formula is C52H65ClN2O9. The average molecular weight is 898 g/mol. The summed E-state index contributed by atoms with van der Waals surface area (Å²) in [4.78, 5) is 71.2. The predicted octanol–water partition coefficient (Wildman–Crippen LogP) is 11.1. The van der Waals surface area contributed by atoms with E-state index in [2.05, 4.69) is 52.7 Å². The second kappa shape index (κ2) is 27.4. The molecule has 2 aromatic carbocycles. The molecule has 0 spiro atoms. The predicted molar refractivity (Wildman–Crippen MR) is 251 cm³/mol. The van der Waals surface area contributed by atoms with Crippen molar-refractivity contribution in [3.63, 3.8) is 0 Å². The Bertz CT molecular complexity index is 2000. The number of halogens is 1. The van der Waals surface area contributed by atoms with E-state index in [4.69, 9.17) is 26.2 Å². The third-order valence-corrected chi connectivity index (χ3v) is 11.8. The molecular weight excluding hydrogens is 832 g/mol. The fraction of sp³-hybridized carbons (Fsp3) is 0.423. The lowest BCUT2D eigenvalue weighted by Gasteiger charge is -2.26. The topological polar surface area (TPSA) is 148 Å². The number of aliphatic carboxylic acids is 1. The number of amides is 4. The van der Waals surface area contributed by atoms with E-state index in [0.717, 1.165) is 85.5 Å². The summed E-state index contributed by atoms with van der Waals surface area (Å²) in [6.07, 6.45) is 17.1. The summed E-state index contributed by atoms with van der Waals surface area (Å²) in [5.41, 5.74) is 7.24. The molecule has 5 aliphatic rings. The Hall–Kier alpha value is -5.81. The number of carboxylic acids is 1. The Morgan fingerprint density at radius 1 is 0.672 bits per heavy atom. The fourth-order valence-corrected chi connectivity index (χ4v) is 7.58. The third kappa shape index (κ3) is 17.8. The monoisotopic (exact) mass is 896 g/mol. The minimum absolute atomic E-state index is 0.0767. The van der Waals surface area contributed by atoms with E-state index in [1.807, 2.05) is 73.7 Å². The highest BCUT2D eigenvalue weighted by Crippen LogP contribution is 2.29. The van der Waals surface area contributed by atoms with E-state index in [1.54, 1.807) is 6.08 Å². The number of nitrogens with zero attached hydrogens (tertiary/aromatic N) is 2. The standard InChI is InChI=1S/C18H21NO3.C13H13NO3.C8H11ClO.C8H12O2.C5H8/c1-13-7-9-15(10-8-13)17(20)19-16(12-22-18(19)21)11-14-5-3-2-4-6-14;1-2-12(15)14-11(9-17-13(14)16)8-10-6-4-3-5-7-10;2*1-6-2-4-7(5-3-6)8(9)10;1-4-5(2)3/h2-7,15-16H,8-12H2,1H3;2-7,11H,1,8-9H2;2,7H,3-5H2,1H3;2,7H,3-5H2,1H3,(H,9,10);4H,1-2H2,3H3/t15-,16-;11-;2*7-;/m1111./s1. The number of hydrogen-bond acceptors (Lipinski definition) is 8. The summed E-state index contributed by atoms with van der Waals surface area (Å²) in [5.74, 6) is -1.26. The number of cyclic esters (lactones) is 2. The molecule has 2 saturated heterocycles. The SMILES string of the molecule is C=CC(=C)C.C=CC(=O)N1C(=O)OC[C@H]1Cc1ccccc1.CC1=CC[C@@H](C(=O)Cl)CC1.CC1=CC[C@@H](C(=O)N2C(=O)OC[C@H]2Cc2ccccc2)CC1.CC1=CC[C@@H](C(=O)O)CC1. The third-order valence-electron chi connectivity index (χ3n) is 11.5. The van der Waals surface area contributed by atoms with Crippen molar-refractivity contribution in [2.24, 2.45) is 17.8 Å². The fourth-order valence-electron chi connectivity index (χ4n) is 7.38. The Kier molecular flexibility index (Phi) is 22.5. The number of imide groups is 2. The van der Waals surface area contributed by atoms with Crippen molar-refractivity contribution in [2.75, 3.05) is 13.2 Å². The number of carbonyl (C=O) groups is 6. The van der Waals surface area contributed by atoms with Gasteiger partial charge in [-0.3, -0.25) is 19.2 Å². The molecule has 0 bridgehead atoms. The van der Waals surface area contributed by atoms with Crippen LogP contribution in [0.15, 0.2) is 133 Å². The van der Waals surface area contributed by atoms with Gasteiger partial charge in [-0.05, 0) is 127 Å². The molecule has 2 aromatic rings. The molecule has 12 heteroatoms. The van der Waals surface area contributed by atoms with Crippen molar-refractivity contribution in [2.45, 2.75) is 110 Å². The number of ether oxygens (including phenoxy) is 2. The number of benzene rings is 2. The molecule has 4 amide bonds. The van der Waals surface area contributed by atoms with Crippen molar-refractivity contribution in [1.29, 1.82) is 0 Å². The Morgan fingerprint density at radius 3 is 1.42 bits per heavy atom. The summed E-state index contributed by atoms with van der Waals surface area (Å²) in [6.45, 7) is 19.1. The molecule has 0 saturated carbocycles. The molecule has 64 heavy (non-hydrogen) atoms. The van der Waals surface area contributed by atoms with E-state index in [0.29, 0.717) is 19.4 Å². The largest absolute Gasteiger partial charge is 0.481 e. The van der Waals surface area contributed by atoms with Crippen LogP contribution in [0.1, 0.15) is 96.6 Å². The number of rotatable bonds is 9. The molecule has 2 fully saturated rings. The molecule has 1 N–H and O–H groups in total. The van der Waals surface area contributed by atoms with E-state index in [1.165, 1.54) is 21.6 Å². The minimum atomic E-state index is -0.649. The van der Waals surface area contributed by atoms with Gasteiger partial charge in [-0.15, -0.1) is 0 Å². The molecule has 7 rings (SSSR count). The van der Waals surface area contributed by atoms with Gasteiger partial charge in [-0.2, -0.15) is 0 Å². The van der Waals surface area contributed by atoms with Crippen LogP contribution in [0.25, 0.3) is 0 Å². The lowest BCUT2D eigenvalue weighted by molar-refractivity contribution is -0.142. The van der Waals surface area contributed by atoms with Gasteiger partial charge < -0.3 is 14.6 Å². The number of hydrogen-bond donors (Lipinski definition) is 1. The summed E-state index contributed by atoms with van der Waals surface area (Å²) in [5, 5.41) is 8.42. The molecule has 0 unspecified atom stereocenters. The zero-order valence-electron chi connectivity index (χ0n) is 37.8. The minimum Gasteiger partial charge on any atom is -0.481 e. The van der Waals surface area contributed by atoms with Crippen molar-refractivity contribution in [3.8, 4) is 0 Å². The van der Waals surface area contributed by atoms with Gasteiger partial charge in [-0.25, -0.2) is 19.4 Å². The normalized spacial score (nSPS) is 22.1. The second-order valence-electron chi connectivity index (χ2n) is 16.7. The van der Waals surface area contributed by atoms with E-state index in [9.17, 15) is 28.8 Å². The van der Waals surface area contributed by atoms with E-state index >= 15 is 0 Å². The molecule has 2 aliphatic heterocycles. The van der Waals surface area contributed by atoms with Crippen molar-refractivity contribution >= 4 is 46.8 Å². The second-order valence-corrected chi connectivity index (χ2v) is 17.1. The number of carboxylic acid groups (broad SMARTS) is 1. The highest BCUT2D eigenvalue weighted by molar-refractivity contribution is 6.64. The average Bonchev–Trinajstić information content (AvgIpc) is 3.85. The van der Waals surface area contributed by atoms with Crippen LogP contribution in [-0.2, 0) is 41.5 Å². The van der Waals surface area contributed by atoms with Crippen LogP contribution < -0.4 is 0 Å². The first-order valence-electron chi connectivity index (χ1n) is 21.9.